The molecule has 0 radical (unpaired) electrons. The lowest BCUT2D eigenvalue weighted by molar-refractivity contribution is -0.384. The summed E-state index contributed by atoms with van der Waals surface area (Å²) in [6, 6.07) is 18.2. The zero-order valence-electron chi connectivity index (χ0n) is 22.2. The Kier molecular flexibility index (Phi) is 7.37. The Bertz CT molecular complexity index is 1870. The van der Waals surface area contributed by atoms with Crippen molar-refractivity contribution in [1.82, 2.24) is 4.57 Å². The monoisotopic (exact) mass is 640 g/mol. The van der Waals surface area contributed by atoms with Crippen LogP contribution in [-0.4, -0.2) is 32.5 Å². The van der Waals surface area contributed by atoms with E-state index in [0.29, 0.717) is 10.4 Å². The van der Waals surface area contributed by atoms with Gasteiger partial charge in [-0.15, -0.1) is 0 Å². The number of aromatic nitrogens is 1. The van der Waals surface area contributed by atoms with Crippen LogP contribution in [0.25, 0.3) is 0 Å². The van der Waals surface area contributed by atoms with Crippen LogP contribution in [-0.2, 0) is 27.1 Å². The van der Waals surface area contributed by atoms with Gasteiger partial charge in [-0.2, -0.15) is 13.2 Å². The molecule has 2 aliphatic heterocycles. The molecule has 1 N–H and O–H groups in total. The normalized spacial score (nSPS) is 19.4. The van der Waals surface area contributed by atoms with E-state index in [1.54, 1.807) is 30.3 Å². The van der Waals surface area contributed by atoms with E-state index in [1.807, 2.05) is 0 Å². The molecule has 1 aromatic heterocycles. The Labute approximate surface area is 254 Å². The number of anilines is 2. The quantitative estimate of drug-likeness (QED) is 0.173. The number of para-hydroxylation sites is 1. The number of thioether (sulfide) groups is 1. The first kappa shape index (κ1) is 29.3. The second-order valence-corrected chi connectivity index (χ2v) is 12.1. The largest absolute Gasteiger partial charge is 0.418 e. The van der Waals surface area contributed by atoms with Gasteiger partial charge >= 0.3 is 11.0 Å². The first-order valence-electron chi connectivity index (χ1n) is 13.0. The van der Waals surface area contributed by atoms with Crippen LogP contribution < -0.4 is 15.1 Å². The lowest BCUT2D eigenvalue weighted by Crippen LogP contribution is -2.33. The second kappa shape index (κ2) is 11.1. The predicted octanol–water partition coefficient (Wildman–Crippen LogP) is 5.27. The summed E-state index contributed by atoms with van der Waals surface area (Å²) in [4.78, 5) is 65.2. The third-order valence-corrected chi connectivity index (χ3v) is 9.94. The summed E-state index contributed by atoms with van der Waals surface area (Å²) in [5, 5.41) is 12.6. The third kappa shape index (κ3) is 5.07. The minimum atomic E-state index is -4.72. The highest BCUT2D eigenvalue weighted by molar-refractivity contribution is 8.00. The van der Waals surface area contributed by atoms with Crippen LogP contribution in [0.15, 0.2) is 88.7 Å². The van der Waals surface area contributed by atoms with Crippen molar-refractivity contribution in [2.24, 2.45) is 5.92 Å². The smallest absolute Gasteiger partial charge is 0.324 e. The maximum Gasteiger partial charge on any atom is 0.418 e. The fourth-order valence-corrected chi connectivity index (χ4v) is 8.20. The number of nitrogens with zero attached hydrogens (tertiary/aromatic N) is 3. The molecule has 1 saturated heterocycles. The van der Waals surface area contributed by atoms with Gasteiger partial charge in [-0.1, -0.05) is 65.6 Å². The number of nitro groups is 1. The molecule has 1 fully saturated rings. The minimum Gasteiger partial charge on any atom is -0.324 e. The Morgan fingerprint density at radius 1 is 0.932 bits per heavy atom. The van der Waals surface area contributed by atoms with Gasteiger partial charge in [0.1, 0.15) is 11.8 Å². The summed E-state index contributed by atoms with van der Waals surface area (Å²) in [5.74, 6) is -3.71. The molecule has 3 heterocycles. The number of carbonyl (C=O) groups excluding carboxylic acids is 3. The Morgan fingerprint density at radius 3 is 2.25 bits per heavy atom. The molecule has 44 heavy (non-hydrogen) atoms. The molecule has 0 saturated carbocycles. The molecule has 3 amide bonds. The van der Waals surface area contributed by atoms with Crippen molar-refractivity contribution >= 4 is 57.9 Å². The molecule has 3 aromatic carbocycles. The van der Waals surface area contributed by atoms with E-state index in [2.05, 4.69) is 5.32 Å². The Morgan fingerprint density at radius 2 is 1.59 bits per heavy atom. The van der Waals surface area contributed by atoms with Gasteiger partial charge in [0.25, 0.3) is 5.69 Å². The number of nitro benzene ring substituents is 1. The molecule has 10 nitrogen and oxygen atoms in total. The van der Waals surface area contributed by atoms with Gasteiger partial charge in [-0.25, -0.2) is 4.90 Å². The first-order valence-corrected chi connectivity index (χ1v) is 14.7. The zero-order valence-corrected chi connectivity index (χ0v) is 23.8. The molecule has 2 unspecified atom stereocenters. The standard InChI is InChI=1S/C29H19F3N4O6S2/c30-29(31,32)18-8-4-5-9-19(18)33-20(37)14-34-27-24(44-28(34)40)21(15-6-2-1-3-7-15)22-23(43-27)26(39)35(25(22)38)16-10-12-17(13-11-16)36(41)42/h1-13,21-23H,14H2,(H,33,37)/t21-,22?,23?/m1/s1. The molecule has 4 aromatic rings. The fraction of sp³-hybridized carbons (Fsp3) is 0.172. The van der Waals surface area contributed by atoms with Crippen molar-refractivity contribution in [1.29, 1.82) is 0 Å². The summed E-state index contributed by atoms with van der Waals surface area (Å²) in [6.07, 6.45) is -4.72. The van der Waals surface area contributed by atoms with Crippen molar-refractivity contribution in [3.05, 3.63) is 115 Å². The second-order valence-electron chi connectivity index (χ2n) is 9.95. The summed E-state index contributed by atoms with van der Waals surface area (Å²) >= 11 is 1.74. The van der Waals surface area contributed by atoms with Crippen LogP contribution in [0.5, 0.6) is 0 Å². The molecule has 224 valence electrons. The van der Waals surface area contributed by atoms with E-state index < -0.39 is 68.6 Å². The number of imide groups is 1. The van der Waals surface area contributed by atoms with Gasteiger partial charge in [0, 0.05) is 22.9 Å². The highest BCUT2D eigenvalue weighted by Gasteiger charge is 2.56. The SMILES string of the molecule is O=C(Cn1c2c(sc1=O)[C@H](c1ccccc1)C1C(=O)N(c3ccc([N+](=O)[O-])cc3)C(=O)C1S2)Nc1ccccc1C(F)(F)F. The van der Waals surface area contributed by atoms with Gasteiger partial charge in [0.2, 0.25) is 17.7 Å². The van der Waals surface area contributed by atoms with Crippen LogP contribution in [0.1, 0.15) is 21.9 Å². The van der Waals surface area contributed by atoms with Crippen LogP contribution in [0.3, 0.4) is 0 Å². The van der Waals surface area contributed by atoms with Gasteiger partial charge < -0.3 is 5.32 Å². The molecule has 0 spiro atoms. The van der Waals surface area contributed by atoms with E-state index in [1.165, 1.54) is 36.4 Å². The number of amides is 3. The number of hydrogen-bond donors (Lipinski definition) is 1. The van der Waals surface area contributed by atoms with Crippen LogP contribution in [0.2, 0.25) is 0 Å². The zero-order chi connectivity index (χ0) is 31.3. The highest BCUT2D eigenvalue weighted by atomic mass is 32.2. The van der Waals surface area contributed by atoms with Crippen molar-refractivity contribution in [2.45, 2.75) is 28.9 Å². The van der Waals surface area contributed by atoms with Gasteiger partial charge in [-0.05, 0) is 29.8 Å². The van der Waals surface area contributed by atoms with Crippen LogP contribution >= 0.6 is 23.1 Å². The van der Waals surface area contributed by atoms with E-state index in [0.717, 1.165) is 44.7 Å². The number of non-ortho nitro benzene ring substituents is 1. The van der Waals surface area contributed by atoms with Crippen molar-refractivity contribution < 1.29 is 32.5 Å². The number of hydrogen-bond acceptors (Lipinski definition) is 8. The Balaban J connectivity index is 1.37. The average Bonchev–Trinajstić information content (AvgIpc) is 3.43. The number of benzene rings is 3. The summed E-state index contributed by atoms with van der Waals surface area (Å²) < 4.78 is 41.5. The molecular formula is C29H19F3N4O6S2. The first-order chi connectivity index (χ1) is 21.0. The molecule has 6 rings (SSSR count). The van der Waals surface area contributed by atoms with E-state index in [4.69, 9.17) is 0 Å². The summed E-state index contributed by atoms with van der Waals surface area (Å²) in [7, 11) is 0. The van der Waals surface area contributed by atoms with E-state index >= 15 is 0 Å². The van der Waals surface area contributed by atoms with Crippen LogP contribution in [0, 0.1) is 16.0 Å². The van der Waals surface area contributed by atoms with Crippen LogP contribution in [0.4, 0.5) is 30.2 Å². The third-order valence-electron chi connectivity index (χ3n) is 7.33. The number of nitrogens with one attached hydrogen (secondary N) is 1. The van der Waals surface area contributed by atoms with E-state index in [-0.39, 0.29) is 16.4 Å². The van der Waals surface area contributed by atoms with Gasteiger partial charge in [-0.3, -0.25) is 33.9 Å². The molecular weight excluding hydrogens is 621 g/mol. The molecule has 0 aliphatic carbocycles. The van der Waals surface area contributed by atoms with Crippen molar-refractivity contribution in [3.63, 3.8) is 0 Å². The average molecular weight is 641 g/mol. The Hall–Kier alpha value is -4.76. The highest BCUT2D eigenvalue weighted by Crippen LogP contribution is 2.54. The van der Waals surface area contributed by atoms with E-state index in [9.17, 15) is 42.5 Å². The number of alkyl halides is 3. The number of fused-ring (bicyclic) bond motifs is 2. The molecule has 15 heteroatoms. The number of halogens is 3. The molecule has 2 aliphatic rings. The fourth-order valence-electron chi connectivity index (χ4n) is 5.43. The number of carbonyl (C=O) groups is 3. The minimum absolute atomic E-state index is 0.149. The summed E-state index contributed by atoms with van der Waals surface area (Å²) in [5.41, 5.74) is -0.934. The number of rotatable bonds is 6. The molecule has 0 bridgehead atoms. The summed E-state index contributed by atoms with van der Waals surface area (Å²) in [6.45, 7) is -0.628. The number of thiazole rings is 1. The van der Waals surface area contributed by atoms with Gasteiger partial charge in [0.15, 0.2) is 0 Å². The lowest BCUT2D eigenvalue weighted by Gasteiger charge is -2.30. The lowest BCUT2D eigenvalue weighted by atomic mass is 9.83. The topological polar surface area (TPSA) is 132 Å². The maximum atomic E-state index is 13.9. The van der Waals surface area contributed by atoms with Gasteiger partial charge in [0.05, 0.1) is 32.8 Å². The van der Waals surface area contributed by atoms with Crippen molar-refractivity contribution in [3.8, 4) is 0 Å². The molecule has 3 atom stereocenters. The maximum absolute atomic E-state index is 13.9. The van der Waals surface area contributed by atoms with Crippen molar-refractivity contribution in [2.75, 3.05) is 10.2 Å². The predicted molar refractivity (Wildman–Crippen MR) is 156 cm³/mol.